The lowest BCUT2D eigenvalue weighted by atomic mass is 9.92. The van der Waals surface area contributed by atoms with Gasteiger partial charge in [-0.3, -0.25) is 4.68 Å². The first kappa shape index (κ1) is 13.0. The summed E-state index contributed by atoms with van der Waals surface area (Å²) in [4.78, 5) is 0. The van der Waals surface area contributed by atoms with Crippen molar-refractivity contribution >= 4 is 0 Å². The molecule has 1 heterocycles. The maximum absolute atomic E-state index is 13.3. The molecule has 0 aliphatic heterocycles. The molecule has 1 aromatic carbocycles. The number of hydrogen-bond donors (Lipinski definition) is 1. The lowest BCUT2D eigenvalue weighted by molar-refractivity contribution is 0.395. The summed E-state index contributed by atoms with van der Waals surface area (Å²) in [7, 11) is 2.02. The standard InChI is InChI=1S/C17H20FN3/c1-21-17-4-2-3-15(14(17)10-19-21)20-16-8-5-11-9-12(18)6-7-13(11)16/h6-7,9-10,15-16,20H,2-5,8H2,1H3. The highest BCUT2D eigenvalue weighted by atomic mass is 19.1. The third kappa shape index (κ3) is 2.18. The molecule has 0 bridgehead atoms. The van der Waals surface area contributed by atoms with Crippen molar-refractivity contribution in [1.29, 1.82) is 0 Å². The van der Waals surface area contributed by atoms with Gasteiger partial charge in [-0.05, 0) is 55.4 Å². The van der Waals surface area contributed by atoms with Crippen LogP contribution in [0, 0.1) is 5.82 Å². The van der Waals surface area contributed by atoms with E-state index >= 15 is 0 Å². The van der Waals surface area contributed by atoms with Crippen LogP contribution in [0.15, 0.2) is 24.4 Å². The van der Waals surface area contributed by atoms with Gasteiger partial charge >= 0.3 is 0 Å². The first-order chi connectivity index (χ1) is 10.2. The van der Waals surface area contributed by atoms with Crippen molar-refractivity contribution in [3.63, 3.8) is 0 Å². The number of aryl methyl sites for hydroxylation is 2. The van der Waals surface area contributed by atoms with E-state index in [2.05, 4.69) is 10.4 Å². The van der Waals surface area contributed by atoms with Gasteiger partial charge in [0.2, 0.25) is 0 Å². The fourth-order valence-electron chi connectivity index (χ4n) is 3.88. The van der Waals surface area contributed by atoms with E-state index in [0.717, 1.165) is 31.2 Å². The smallest absolute Gasteiger partial charge is 0.123 e. The van der Waals surface area contributed by atoms with Crippen LogP contribution in [-0.2, 0) is 19.9 Å². The number of hydrogen-bond acceptors (Lipinski definition) is 2. The largest absolute Gasteiger partial charge is 0.303 e. The molecule has 1 N–H and O–H groups in total. The average molecular weight is 285 g/mol. The van der Waals surface area contributed by atoms with Crippen molar-refractivity contribution < 1.29 is 4.39 Å². The molecule has 2 aliphatic rings. The number of aromatic nitrogens is 2. The highest BCUT2D eigenvalue weighted by Crippen LogP contribution is 2.36. The Morgan fingerprint density at radius 2 is 2.05 bits per heavy atom. The zero-order valence-corrected chi connectivity index (χ0v) is 12.3. The second kappa shape index (κ2) is 4.95. The van der Waals surface area contributed by atoms with Gasteiger partial charge in [-0.25, -0.2) is 4.39 Å². The Morgan fingerprint density at radius 3 is 2.95 bits per heavy atom. The summed E-state index contributed by atoms with van der Waals surface area (Å²) in [5, 5.41) is 8.19. The molecular formula is C17H20FN3. The van der Waals surface area contributed by atoms with Crippen molar-refractivity contribution in [2.45, 2.75) is 44.2 Å². The third-order valence-corrected chi connectivity index (χ3v) is 4.96. The molecule has 0 fully saturated rings. The SMILES string of the molecule is Cn1ncc2c1CCCC2NC1CCc2cc(F)ccc21. The van der Waals surface area contributed by atoms with E-state index in [-0.39, 0.29) is 5.82 Å². The zero-order valence-electron chi connectivity index (χ0n) is 12.3. The molecule has 4 rings (SSSR count). The predicted molar refractivity (Wildman–Crippen MR) is 79.5 cm³/mol. The molecule has 0 amide bonds. The van der Waals surface area contributed by atoms with Crippen molar-refractivity contribution in [2.24, 2.45) is 7.05 Å². The maximum Gasteiger partial charge on any atom is 0.123 e. The van der Waals surface area contributed by atoms with E-state index in [1.807, 2.05) is 24.0 Å². The van der Waals surface area contributed by atoms with Gasteiger partial charge in [0.25, 0.3) is 0 Å². The Morgan fingerprint density at radius 1 is 1.19 bits per heavy atom. The molecule has 4 heteroatoms. The van der Waals surface area contributed by atoms with Crippen molar-refractivity contribution in [2.75, 3.05) is 0 Å². The van der Waals surface area contributed by atoms with Crippen LogP contribution in [0.2, 0.25) is 0 Å². The Labute approximate surface area is 124 Å². The molecular weight excluding hydrogens is 265 g/mol. The summed E-state index contributed by atoms with van der Waals surface area (Å²) < 4.78 is 15.3. The fraction of sp³-hybridized carbons (Fsp3) is 0.471. The summed E-state index contributed by atoms with van der Waals surface area (Å²) in [5.41, 5.74) is 5.14. The van der Waals surface area contributed by atoms with Gasteiger partial charge in [-0.2, -0.15) is 5.10 Å². The molecule has 0 spiro atoms. The van der Waals surface area contributed by atoms with Gasteiger partial charge < -0.3 is 5.32 Å². The van der Waals surface area contributed by atoms with Crippen molar-refractivity contribution in [3.05, 3.63) is 52.6 Å². The Kier molecular flexibility index (Phi) is 3.07. The Balaban J connectivity index is 1.59. The number of nitrogens with zero attached hydrogens (tertiary/aromatic N) is 2. The quantitative estimate of drug-likeness (QED) is 0.918. The van der Waals surface area contributed by atoms with Crippen LogP contribution < -0.4 is 5.32 Å². The van der Waals surface area contributed by atoms with E-state index in [1.54, 1.807) is 12.1 Å². The molecule has 110 valence electrons. The van der Waals surface area contributed by atoms with Crippen LogP contribution in [0.1, 0.15) is 53.7 Å². The minimum Gasteiger partial charge on any atom is -0.303 e. The van der Waals surface area contributed by atoms with Crippen molar-refractivity contribution in [1.82, 2.24) is 15.1 Å². The van der Waals surface area contributed by atoms with Crippen LogP contribution in [-0.4, -0.2) is 9.78 Å². The summed E-state index contributed by atoms with van der Waals surface area (Å²) in [5.74, 6) is -0.124. The lowest BCUT2D eigenvalue weighted by Gasteiger charge is -2.27. The summed E-state index contributed by atoms with van der Waals surface area (Å²) in [6.07, 6.45) is 7.52. The molecule has 2 aliphatic carbocycles. The predicted octanol–water partition coefficient (Wildman–Crippen LogP) is 3.21. The summed E-state index contributed by atoms with van der Waals surface area (Å²) >= 11 is 0. The van der Waals surface area contributed by atoms with Crippen LogP contribution in [0.5, 0.6) is 0 Å². The Hall–Kier alpha value is -1.68. The monoisotopic (exact) mass is 285 g/mol. The van der Waals surface area contributed by atoms with E-state index in [4.69, 9.17) is 0 Å². The average Bonchev–Trinajstić information content (AvgIpc) is 3.04. The van der Waals surface area contributed by atoms with Gasteiger partial charge in [-0.1, -0.05) is 6.07 Å². The van der Waals surface area contributed by atoms with Gasteiger partial charge in [0.1, 0.15) is 5.82 Å². The molecule has 2 aromatic rings. The molecule has 21 heavy (non-hydrogen) atoms. The van der Waals surface area contributed by atoms with Crippen LogP contribution in [0.25, 0.3) is 0 Å². The van der Waals surface area contributed by atoms with E-state index in [1.165, 1.54) is 23.2 Å². The van der Waals surface area contributed by atoms with Crippen LogP contribution in [0.4, 0.5) is 4.39 Å². The first-order valence-electron chi connectivity index (χ1n) is 7.77. The molecule has 0 radical (unpaired) electrons. The molecule has 1 aromatic heterocycles. The number of fused-ring (bicyclic) bond motifs is 2. The summed E-state index contributed by atoms with van der Waals surface area (Å²) in [6, 6.07) is 5.94. The molecule has 3 nitrogen and oxygen atoms in total. The number of nitrogens with one attached hydrogen (secondary N) is 1. The van der Waals surface area contributed by atoms with Crippen molar-refractivity contribution in [3.8, 4) is 0 Å². The van der Waals surface area contributed by atoms with E-state index < -0.39 is 0 Å². The molecule has 2 atom stereocenters. The number of halogens is 1. The van der Waals surface area contributed by atoms with Gasteiger partial charge in [-0.15, -0.1) is 0 Å². The molecule has 0 saturated heterocycles. The Bertz CT molecular complexity index is 677. The highest BCUT2D eigenvalue weighted by Gasteiger charge is 2.29. The third-order valence-electron chi connectivity index (χ3n) is 4.96. The normalized spacial score (nSPS) is 23.9. The number of rotatable bonds is 2. The maximum atomic E-state index is 13.3. The highest BCUT2D eigenvalue weighted by molar-refractivity contribution is 5.36. The van der Waals surface area contributed by atoms with Crippen LogP contribution >= 0.6 is 0 Å². The molecule has 0 saturated carbocycles. The lowest BCUT2D eigenvalue weighted by Crippen LogP contribution is -2.28. The fourth-order valence-corrected chi connectivity index (χ4v) is 3.88. The molecule has 2 unspecified atom stereocenters. The second-order valence-corrected chi connectivity index (χ2v) is 6.22. The topological polar surface area (TPSA) is 29.9 Å². The second-order valence-electron chi connectivity index (χ2n) is 6.22. The first-order valence-corrected chi connectivity index (χ1v) is 7.77. The van der Waals surface area contributed by atoms with E-state index in [0.29, 0.717) is 12.1 Å². The van der Waals surface area contributed by atoms with Gasteiger partial charge in [0.15, 0.2) is 0 Å². The minimum atomic E-state index is -0.124. The van der Waals surface area contributed by atoms with E-state index in [9.17, 15) is 4.39 Å². The number of benzene rings is 1. The van der Waals surface area contributed by atoms with Gasteiger partial charge in [0.05, 0.1) is 6.20 Å². The minimum absolute atomic E-state index is 0.124. The van der Waals surface area contributed by atoms with Gasteiger partial charge in [0, 0.05) is 30.4 Å². The summed E-state index contributed by atoms with van der Waals surface area (Å²) in [6.45, 7) is 0. The van der Waals surface area contributed by atoms with Crippen LogP contribution in [0.3, 0.4) is 0 Å². The zero-order chi connectivity index (χ0) is 14.4.